The van der Waals surface area contributed by atoms with Gasteiger partial charge in [0, 0.05) is 17.8 Å². The SMILES string of the molecule is CC(OC(=O)c1cnn2c(-c3ccccc3)ccnc12)C(=O)Nc1ccccc1[N+](=O)[O-]. The summed E-state index contributed by atoms with van der Waals surface area (Å²) in [6, 6.07) is 16.9. The van der Waals surface area contributed by atoms with E-state index in [1.807, 2.05) is 30.3 Å². The second-order valence-electron chi connectivity index (χ2n) is 6.80. The van der Waals surface area contributed by atoms with Crippen LogP contribution in [0.1, 0.15) is 17.3 Å². The van der Waals surface area contributed by atoms with Crippen molar-refractivity contribution in [3.63, 3.8) is 0 Å². The van der Waals surface area contributed by atoms with Gasteiger partial charge in [-0.15, -0.1) is 0 Å². The highest BCUT2D eigenvalue weighted by Gasteiger charge is 2.24. The van der Waals surface area contributed by atoms with Crippen LogP contribution >= 0.6 is 0 Å². The van der Waals surface area contributed by atoms with E-state index >= 15 is 0 Å². The molecular formula is C22H17N5O5. The van der Waals surface area contributed by atoms with Gasteiger partial charge in [-0.25, -0.2) is 14.3 Å². The van der Waals surface area contributed by atoms with Gasteiger partial charge in [-0.2, -0.15) is 5.10 Å². The first kappa shape index (κ1) is 20.7. The Morgan fingerprint density at radius 2 is 1.81 bits per heavy atom. The lowest BCUT2D eigenvalue weighted by atomic mass is 10.1. The van der Waals surface area contributed by atoms with Gasteiger partial charge in [0.2, 0.25) is 0 Å². The van der Waals surface area contributed by atoms with Crippen molar-refractivity contribution in [3.05, 3.63) is 88.7 Å². The molecule has 32 heavy (non-hydrogen) atoms. The van der Waals surface area contributed by atoms with E-state index in [4.69, 9.17) is 4.74 Å². The highest BCUT2D eigenvalue weighted by Crippen LogP contribution is 2.24. The van der Waals surface area contributed by atoms with Gasteiger partial charge in [-0.05, 0) is 19.1 Å². The molecule has 1 unspecified atom stereocenters. The molecule has 0 aliphatic carbocycles. The predicted octanol–water partition coefficient (Wildman–Crippen LogP) is 3.49. The number of nitro groups is 1. The van der Waals surface area contributed by atoms with Gasteiger partial charge in [-0.1, -0.05) is 42.5 Å². The zero-order valence-electron chi connectivity index (χ0n) is 16.8. The lowest BCUT2D eigenvalue weighted by Crippen LogP contribution is -2.30. The van der Waals surface area contributed by atoms with E-state index in [0.717, 1.165) is 11.3 Å². The number of benzene rings is 2. The molecule has 1 N–H and O–H groups in total. The lowest BCUT2D eigenvalue weighted by molar-refractivity contribution is -0.383. The Balaban J connectivity index is 1.53. The fourth-order valence-corrected chi connectivity index (χ4v) is 3.11. The van der Waals surface area contributed by atoms with Gasteiger partial charge in [0.25, 0.3) is 11.6 Å². The van der Waals surface area contributed by atoms with E-state index in [9.17, 15) is 19.7 Å². The normalized spacial score (nSPS) is 11.7. The van der Waals surface area contributed by atoms with Gasteiger partial charge in [0.05, 0.1) is 16.8 Å². The summed E-state index contributed by atoms with van der Waals surface area (Å²) < 4.78 is 6.79. The van der Waals surface area contributed by atoms with Crippen LogP contribution in [0.25, 0.3) is 16.9 Å². The Morgan fingerprint density at radius 1 is 1.09 bits per heavy atom. The summed E-state index contributed by atoms with van der Waals surface area (Å²) in [5, 5.41) is 17.8. The van der Waals surface area contributed by atoms with Crippen LogP contribution in [0.5, 0.6) is 0 Å². The molecule has 0 bridgehead atoms. The van der Waals surface area contributed by atoms with Crippen LogP contribution in [0.3, 0.4) is 0 Å². The van der Waals surface area contributed by atoms with Crippen LogP contribution in [-0.2, 0) is 9.53 Å². The number of carbonyl (C=O) groups excluding carboxylic acids is 2. The number of esters is 1. The maximum Gasteiger partial charge on any atom is 0.344 e. The van der Waals surface area contributed by atoms with E-state index < -0.39 is 22.9 Å². The molecule has 160 valence electrons. The van der Waals surface area contributed by atoms with E-state index in [0.29, 0.717) is 0 Å². The number of nitro benzene ring substituents is 1. The highest BCUT2D eigenvalue weighted by atomic mass is 16.6. The molecule has 0 saturated heterocycles. The van der Waals surface area contributed by atoms with Crippen molar-refractivity contribution in [1.29, 1.82) is 0 Å². The molecule has 0 aliphatic heterocycles. The second kappa shape index (κ2) is 8.64. The Morgan fingerprint density at radius 3 is 2.56 bits per heavy atom. The number of hydrogen-bond donors (Lipinski definition) is 1. The molecule has 1 amide bonds. The van der Waals surface area contributed by atoms with E-state index in [1.165, 1.54) is 35.8 Å². The van der Waals surface area contributed by atoms with Crippen LogP contribution in [0.4, 0.5) is 11.4 Å². The summed E-state index contributed by atoms with van der Waals surface area (Å²) in [6.07, 6.45) is 1.67. The Hall–Kier alpha value is -4.60. The molecule has 0 radical (unpaired) electrons. The number of anilines is 1. The molecular weight excluding hydrogens is 414 g/mol. The third kappa shape index (κ3) is 4.01. The van der Waals surface area contributed by atoms with Gasteiger partial charge in [0.1, 0.15) is 11.3 Å². The van der Waals surface area contributed by atoms with Gasteiger partial charge >= 0.3 is 5.97 Å². The minimum atomic E-state index is -1.21. The monoisotopic (exact) mass is 431 g/mol. The number of aromatic nitrogens is 3. The third-order valence-corrected chi connectivity index (χ3v) is 4.70. The van der Waals surface area contributed by atoms with E-state index in [-0.39, 0.29) is 22.6 Å². The molecule has 2 aromatic carbocycles. The summed E-state index contributed by atoms with van der Waals surface area (Å²) in [5.74, 6) is -1.50. The summed E-state index contributed by atoms with van der Waals surface area (Å²) in [5.41, 5.74) is 1.74. The number of para-hydroxylation sites is 2. The molecule has 0 fully saturated rings. The lowest BCUT2D eigenvalue weighted by Gasteiger charge is -2.13. The molecule has 4 rings (SSSR count). The van der Waals surface area contributed by atoms with Crippen LogP contribution in [0.15, 0.2) is 73.1 Å². The first-order valence-electron chi connectivity index (χ1n) is 9.59. The average Bonchev–Trinajstić information content (AvgIpc) is 3.24. The van der Waals surface area contributed by atoms with E-state index in [1.54, 1.807) is 18.3 Å². The quantitative estimate of drug-likeness (QED) is 0.281. The minimum absolute atomic E-state index is 0.00977. The first-order chi connectivity index (χ1) is 15.5. The van der Waals surface area contributed by atoms with Crippen LogP contribution in [0, 0.1) is 10.1 Å². The van der Waals surface area contributed by atoms with Gasteiger partial charge < -0.3 is 10.1 Å². The minimum Gasteiger partial charge on any atom is -0.449 e. The predicted molar refractivity (Wildman–Crippen MR) is 115 cm³/mol. The van der Waals surface area contributed by atoms with Crippen LogP contribution < -0.4 is 5.32 Å². The number of fused-ring (bicyclic) bond motifs is 1. The Bertz CT molecular complexity index is 1320. The summed E-state index contributed by atoms with van der Waals surface area (Å²) in [7, 11) is 0. The summed E-state index contributed by atoms with van der Waals surface area (Å²) >= 11 is 0. The summed E-state index contributed by atoms with van der Waals surface area (Å²) in [6.45, 7) is 1.37. The van der Waals surface area contributed by atoms with Crippen LogP contribution in [-0.4, -0.2) is 37.5 Å². The number of nitrogens with one attached hydrogen (secondary N) is 1. The Kier molecular flexibility index (Phi) is 5.58. The van der Waals surface area contributed by atoms with Crippen molar-refractivity contribution in [1.82, 2.24) is 14.6 Å². The molecule has 2 aromatic heterocycles. The highest BCUT2D eigenvalue weighted by molar-refractivity contribution is 6.00. The van der Waals surface area contributed by atoms with Crippen molar-refractivity contribution < 1.29 is 19.2 Å². The van der Waals surface area contributed by atoms with Gasteiger partial charge in [-0.3, -0.25) is 14.9 Å². The largest absolute Gasteiger partial charge is 0.449 e. The molecule has 0 spiro atoms. The molecule has 2 heterocycles. The average molecular weight is 431 g/mol. The van der Waals surface area contributed by atoms with Gasteiger partial charge in [0.15, 0.2) is 11.8 Å². The number of hydrogen-bond acceptors (Lipinski definition) is 7. The standard InChI is InChI=1S/C22H17N5O5/c1-14(21(28)25-17-9-5-6-10-19(17)27(30)31)32-22(29)16-13-24-26-18(11-12-23-20(16)26)15-7-3-2-4-8-15/h2-14H,1H3,(H,25,28). The number of nitrogens with zero attached hydrogens (tertiary/aromatic N) is 4. The summed E-state index contributed by atoms with van der Waals surface area (Å²) in [4.78, 5) is 39.9. The second-order valence-corrected chi connectivity index (χ2v) is 6.80. The number of rotatable bonds is 6. The molecule has 0 saturated carbocycles. The molecule has 10 heteroatoms. The van der Waals surface area contributed by atoms with Crippen molar-refractivity contribution in [3.8, 4) is 11.3 Å². The maximum absolute atomic E-state index is 12.7. The number of carbonyl (C=O) groups is 2. The number of amides is 1. The Labute approximate surface area is 181 Å². The topological polar surface area (TPSA) is 129 Å². The number of ether oxygens (including phenoxy) is 1. The molecule has 10 nitrogen and oxygen atoms in total. The first-order valence-corrected chi connectivity index (χ1v) is 9.59. The maximum atomic E-state index is 12.7. The smallest absolute Gasteiger partial charge is 0.344 e. The molecule has 4 aromatic rings. The van der Waals surface area contributed by atoms with Crippen molar-refractivity contribution >= 4 is 28.9 Å². The zero-order chi connectivity index (χ0) is 22.7. The fourth-order valence-electron chi connectivity index (χ4n) is 3.11. The van der Waals surface area contributed by atoms with Crippen molar-refractivity contribution in [2.75, 3.05) is 5.32 Å². The fraction of sp³-hybridized carbons (Fsp3) is 0.0909. The third-order valence-electron chi connectivity index (χ3n) is 4.70. The van der Waals surface area contributed by atoms with Crippen molar-refractivity contribution in [2.24, 2.45) is 0 Å². The van der Waals surface area contributed by atoms with Crippen molar-refractivity contribution in [2.45, 2.75) is 13.0 Å². The molecule has 0 aliphatic rings. The molecule has 1 atom stereocenters. The van der Waals surface area contributed by atoms with E-state index in [2.05, 4.69) is 15.4 Å². The zero-order valence-corrected chi connectivity index (χ0v) is 16.8. The van der Waals surface area contributed by atoms with Crippen LogP contribution in [0.2, 0.25) is 0 Å².